The highest BCUT2D eigenvalue weighted by atomic mass is 79.9. The fourth-order valence-corrected chi connectivity index (χ4v) is 2.50. The molecule has 1 aromatic carbocycles. The maximum Gasteiger partial charge on any atom is 0.0469 e. The first-order valence-corrected chi connectivity index (χ1v) is 8.05. The summed E-state index contributed by atoms with van der Waals surface area (Å²) in [4.78, 5) is 0. The van der Waals surface area contributed by atoms with Crippen molar-refractivity contribution < 1.29 is 4.74 Å². The maximum atomic E-state index is 5.54. The molecule has 1 rings (SSSR count). The molecule has 0 heterocycles. The Hall–Kier alpha value is 0.140. The van der Waals surface area contributed by atoms with Crippen molar-refractivity contribution in [1.29, 1.82) is 0 Å². The van der Waals surface area contributed by atoms with E-state index in [2.05, 4.69) is 63.0 Å². The molecule has 0 aliphatic rings. The highest BCUT2D eigenvalue weighted by molar-refractivity contribution is 9.10. The van der Waals surface area contributed by atoms with Gasteiger partial charge in [-0.15, -0.1) is 0 Å². The molecule has 0 fully saturated rings. The Labute approximate surface area is 121 Å². The zero-order valence-corrected chi connectivity index (χ0v) is 13.5. The molecule has 0 aliphatic heterocycles. The minimum Gasteiger partial charge on any atom is -0.381 e. The standard InChI is InChI=1S/C14H20Br2O/c1-2-8-17-9-7-13(11-15)10-12-3-5-14(16)6-4-12/h3-6,13H,2,7-11H2,1H3. The number of ether oxygens (including phenoxy) is 1. The molecule has 0 saturated carbocycles. The Kier molecular flexibility index (Phi) is 8.15. The van der Waals surface area contributed by atoms with Gasteiger partial charge >= 0.3 is 0 Å². The molecule has 1 atom stereocenters. The lowest BCUT2D eigenvalue weighted by Crippen LogP contribution is -2.10. The summed E-state index contributed by atoms with van der Waals surface area (Å²) in [5.41, 5.74) is 1.40. The molecule has 0 aliphatic carbocycles. The summed E-state index contributed by atoms with van der Waals surface area (Å²) < 4.78 is 6.69. The van der Waals surface area contributed by atoms with Crippen LogP contribution in [0.3, 0.4) is 0 Å². The molecule has 0 aromatic heterocycles. The topological polar surface area (TPSA) is 9.23 Å². The lowest BCUT2D eigenvalue weighted by molar-refractivity contribution is 0.123. The van der Waals surface area contributed by atoms with E-state index < -0.39 is 0 Å². The van der Waals surface area contributed by atoms with Gasteiger partial charge in [0.15, 0.2) is 0 Å². The van der Waals surface area contributed by atoms with Gasteiger partial charge in [0, 0.05) is 23.0 Å². The number of alkyl halides is 1. The quantitative estimate of drug-likeness (QED) is 0.475. The van der Waals surface area contributed by atoms with Crippen LogP contribution in [0.5, 0.6) is 0 Å². The predicted molar refractivity (Wildman–Crippen MR) is 80.9 cm³/mol. The van der Waals surface area contributed by atoms with E-state index in [4.69, 9.17) is 4.74 Å². The van der Waals surface area contributed by atoms with E-state index in [-0.39, 0.29) is 0 Å². The highest BCUT2D eigenvalue weighted by Gasteiger charge is 2.08. The SMILES string of the molecule is CCCOCCC(CBr)Cc1ccc(Br)cc1. The lowest BCUT2D eigenvalue weighted by atomic mass is 9.98. The summed E-state index contributed by atoms with van der Waals surface area (Å²) in [6.45, 7) is 3.90. The van der Waals surface area contributed by atoms with Gasteiger partial charge in [0.05, 0.1) is 0 Å². The Bertz CT molecular complexity index is 298. The monoisotopic (exact) mass is 362 g/mol. The number of halogens is 2. The van der Waals surface area contributed by atoms with Crippen LogP contribution in [0.15, 0.2) is 28.7 Å². The summed E-state index contributed by atoms with van der Waals surface area (Å²) in [7, 11) is 0. The Morgan fingerprint density at radius 2 is 1.88 bits per heavy atom. The van der Waals surface area contributed by atoms with E-state index in [0.717, 1.165) is 42.3 Å². The molecule has 0 amide bonds. The van der Waals surface area contributed by atoms with Gasteiger partial charge in [-0.2, -0.15) is 0 Å². The van der Waals surface area contributed by atoms with Gasteiger partial charge < -0.3 is 4.74 Å². The van der Waals surface area contributed by atoms with E-state index in [0.29, 0.717) is 5.92 Å². The van der Waals surface area contributed by atoms with Crippen molar-refractivity contribution in [1.82, 2.24) is 0 Å². The molecule has 3 heteroatoms. The zero-order chi connectivity index (χ0) is 12.5. The van der Waals surface area contributed by atoms with E-state index in [1.165, 1.54) is 5.56 Å². The largest absolute Gasteiger partial charge is 0.381 e. The second kappa shape index (κ2) is 9.12. The molecule has 1 nitrogen and oxygen atoms in total. The number of hydrogen-bond donors (Lipinski definition) is 0. The first-order valence-electron chi connectivity index (χ1n) is 6.14. The van der Waals surface area contributed by atoms with Gasteiger partial charge in [-0.3, -0.25) is 0 Å². The first-order chi connectivity index (χ1) is 8.26. The van der Waals surface area contributed by atoms with Crippen LogP contribution in [0.2, 0.25) is 0 Å². The minimum absolute atomic E-state index is 0.660. The Morgan fingerprint density at radius 1 is 1.18 bits per heavy atom. The molecule has 0 spiro atoms. The van der Waals surface area contributed by atoms with Crippen molar-refractivity contribution in [3.05, 3.63) is 34.3 Å². The van der Waals surface area contributed by atoms with Crippen LogP contribution >= 0.6 is 31.9 Å². The average Bonchev–Trinajstić information content (AvgIpc) is 2.35. The van der Waals surface area contributed by atoms with Gasteiger partial charge in [0.2, 0.25) is 0 Å². The zero-order valence-electron chi connectivity index (χ0n) is 10.3. The van der Waals surface area contributed by atoms with E-state index in [1.807, 2.05) is 0 Å². The summed E-state index contributed by atoms with van der Waals surface area (Å²) in [6, 6.07) is 8.59. The molecule has 0 saturated heterocycles. The minimum atomic E-state index is 0.660. The number of hydrogen-bond acceptors (Lipinski definition) is 1. The summed E-state index contributed by atoms with van der Waals surface area (Å²) in [5.74, 6) is 0.660. The summed E-state index contributed by atoms with van der Waals surface area (Å²) in [6.07, 6.45) is 3.35. The molecule has 96 valence electrons. The van der Waals surface area contributed by atoms with Crippen LogP contribution < -0.4 is 0 Å². The van der Waals surface area contributed by atoms with Gasteiger partial charge in [-0.25, -0.2) is 0 Å². The van der Waals surface area contributed by atoms with Crippen LogP contribution in [-0.2, 0) is 11.2 Å². The third-order valence-corrected chi connectivity index (χ3v) is 4.12. The molecule has 1 aromatic rings. The third kappa shape index (κ3) is 6.58. The number of benzene rings is 1. The van der Waals surface area contributed by atoms with Crippen molar-refractivity contribution in [2.24, 2.45) is 5.92 Å². The van der Waals surface area contributed by atoms with Crippen molar-refractivity contribution in [2.45, 2.75) is 26.2 Å². The van der Waals surface area contributed by atoms with Crippen LogP contribution in [-0.4, -0.2) is 18.5 Å². The summed E-state index contributed by atoms with van der Waals surface area (Å²) >= 11 is 7.05. The average molecular weight is 364 g/mol. The molecule has 0 radical (unpaired) electrons. The van der Waals surface area contributed by atoms with E-state index >= 15 is 0 Å². The predicted octanol–water partition coefficient (Wildman–Crippen LogP) is 4.82. The molecule has 0 bridgehead atoms. The maximum absolute atomic E-state index is 5.54. The Morgan fingerprint density at radius 3 is 2.47 bits per heavy atom. The van der Waals surface area contributed by atoms with Gasteiger partial charge in [0.1, 0.15) is 0 Å². The lowest BCUT2D eigenvalue weighted by Gasteiger charge is -2.14. The van der Waals surface area contributed by atoms with Crippen molar-refractivity contribution in [2.75, 3.05) is 18.5 Å². The fraction of sp³-hybridized carbons (Fsp3) is 0.571. The van der Waals surface area contributed by atoms with Crippen LogP contribution in [0.25, 0.3) is 0 Å². The van der Waals surface area contributed by atoms with Crippen LogP contribution in [0, 0.1) is 5.92 Å². The Balaban J connectivity index is 2.33. The van der Waals surface area contributed by atoms with Gasteiger partial charge in [-0.1, -0.05) is 50.9 Å². The first kappa shape index (κ1) is 15.2. The second-order valence-corrected chi connectivity index (χ2v) is 5.82. The van der Waals surface area contributed by atoms with E-state index in [1.54, 1.807) is 0 Å². The third-order valence-electron chi connectivity index (χ3n) is 2.67. The normalized spacial score (nSPS) is 12.6. The van der Waals surface area contributed by atoms with Gasteiger partial charge in [0.25, 0.3) is 0 Å². The van der Waals surface area contributed by atoms with Crippen molar-refractivity contribution >= 4 is 31.9 Å². The van der Waals surface area contributed by atoms with Crippen molar-refractivity contribution in [3.8, 4) is 0 Å². The molecular formula is C14H20Br2O. The van der Waals surface area contributed by atoms with Crippen molar-refractivity contribution in [3.63, 3.8) is 0 Å². The van der Waals surface area contributed by atoms with Crippen LogP contribution in [0.1, 0.15) is 25.3 Å². The smallest absolute Gasteiger partial charge is 0.0469 e. The second-order valence-electron chi connectivity index (χ2n) is 4.25. The molecular weight excluding hydrogens is 344 g/mol. The molecule has 0 N–H and O–H groups in total. The fourth-order valence-electron chi connectivity index (χ4n) is 1.68. The number of rotatable bonds is 8. The highest BCUT2D eigenvalue weighted by Crippen LogP contribution is 2.17. The summed E-state index contributed by atoms with van der Waals surface area (Å²) in [5, 5.41) is 1.04. The molecule has 1 unspecified atom stereocenters. The molecule has 17 heavy (non-hydrogen) atoms. The van der Waals surface area contributed by atoms with Crippen LogP contribution in [0.4, 0.5) is 0 Å². The van der Waals surface area contributed by atoms with E-state index in [9.17, 15) is 0 Å². The van der Waals surface area contributed by atoms with Gasteiger partial charge in [-0.05, 0) is 42.9 Å².